The Balaban J connectivity index is 1.34. The van der Waals surface area contributed by atoms with Crippen molar-refractivity contribution in [2.75, 3.05) is 25.1 Å². The van der Waals surface area contributed by atoms with Crippen LogP contribution in [0, 0.1) is 11.8 Å². The summed E-state index contributed by atoms with van der Waals surface area (Å²) < 4.78 is 10.5. The van der Waals surface area contributed by atoms with Gasteiger partial charge in [0.05, 0.1) is 18.1 Å². The molecule has 2 heterocycles. The number of thiophene rings is 1. The van der Waals surface area contributed by atoms with Crippen LogP contribution in [0.3, 0.4) is 0 Å². The average molecular weight is 499 g/mol. The Morgan fingerprint density at radius 2 is 1.91 bits per heavy atom. The van der Waals surface area contributed by atoms with Gasteiger partial charge in [-0.15, -0.1) is 11.3 Å². The van der Waals surface area contributed by atoms with Crippen LogP contribution in [0.5, 0.6) is 0 Å². The van der Waals surface area contributed by atoms with Crippen molar-refractivity contribution in [2.24, 2.45) is 11.8 Å². The second kappa shape index (κ2) is 11.0. The summed E-state index contributed by atoms with van der Waals surface area (Å²) in [6.07, 6.45) is 2.66. The number of likely N-dealkylation sites (tertiary alicyclic amines) is 1. The fourth-order valence-electron chi connectivity index (χ4n) is 4.56. The zero-order chi connectivity index (χ0) is 24.9. The van der Waals surface area contributed by atoms with E-state index in [1.165, 1.54) is 11.3 Å². The highest BCUT2D eigenvalue weighted by Crippen LogP contribution is 2.40. The van der Waals surface area contributed by atoms with Crippen LogP contribution in [0.2, 0.25) is 0 Å². The smallest absolute Gasteiger partial charge is 0.341 e. The Morgan fingerprint density at radius 1 is 1.14 bits per heavy atom. The van der Waals surface area contributed by atoms with Crippen molar-refractivity contribution in [2.45, 2.75) is 46.1 Å². The molecular formula is C26H30N2O6S. The Kier molecular flexibility index (Phi) is 7.85. The third kappa shape index (κ3) is 5.90. The quantitative estimate of drug-likeness (QED) is 0.558. The molecule has 2 aliphatic rings. The molecule has 9 heteroatoms. The van der Waals surface area contributed by atoms with Crippen LogP contribution in [0.25, 0.3) is 0 Å². The van der Waals surface area contributed by atoms with Gasteiger partial charge in [0.1, 0.15) is 5.00 Å². The summed E-state index contributed by atoms with van der Waals surface area (Å²) in [5, 5.41) is 3.18. The molecule has 0 spiro atoms. The van der Waals surface area contributed by atoms with Gasteiger partial charge in [-0.05, 0) is 43.2 Å². The molecule has 1 saturated heterocycles. The largest absolute Gasteiger partial charge is 0.462 e. The van der Waals surface area contributed by atoms with Crippen molar-refractivity contribution in [1.29, 1.82) is 0 Å². The van der Waals surface area contributed by atoms with Gasteiger partial charge in [0, 0.05) is 24.4 Å². The van der Waals surface area contributed by atoms with E-state index in [-0.39, 0.29) is 25.5 Å². The number of carbonyl (C=O) groups is 4. The van der Waals surface area contributed by atoms with Gasteiger partial charge in [-0.3, -0.25) is 14.4 Å². The Morgan fingerprint density at radius 3 is 2.66 bits per heavy atom. The fourth-order valence-corrected chi connectivity index (χ4v) is 5.98. The summed E-state index contributed by atoms with van der Waals surface area (Å²) in [5.74, 6) is -1.76. The topological polar surface area (TPSA) is 102 Å². The molecule has 0 unspecified atom stereocenters. The van der Waals surface area contributed by atoms with E-state index in [4.69, 9.17) is 9.47 Å². The van der Waals surface area contributed by atoms with Gasteiger partial charge in [-0.1, -0.05) is 37.3 Å². The number of nitrogens with one attached hydrogen (secondary N) is 1. The third-order valence-corrected chi connectivity index (χ3v) is 7.52. The highest BCUT2D eigenvalue weighted by Gasteiger charge is 2.36. The zero-order valence-electron chi connectivity index (χ0n) is 20.0. The van der Waals surface area contributed by atoms with E-state index >= 15 is 0 Å². The molecule has 1 aliphatic heterocycles. The molecule has 2 aromatic rings. The van der Waals surface area contributed by atoms with E-state index < -0.39 is 30.4 Å². The van der Waals surface area contributed by atoms with Crippen molar-refractivity contribution in [3.8, 4) is 0 Å². The van der Waals surface area contributed by atoms with Crippen LogP contribution in [-0.4, -0.2) is 48.4 Å². The zero-order valence-corrected chi connectivity index (χ0v) is 20.8. The third-order valence-electron chi connectivity index (χ3n) is 6.35. The number of nitrogens with zero attached hydrogens (tertiary/aromatic N) is 1. The van der Waals surface area contributed by atoms with Gasteiger partial charge >= 0.3 is 11.9 Å². The number of carbonyl (C=O) groups excluding carboxylic acids is 4. The summed E-state index contributed by atoms with van der Waals surface area (Å²) in [6, 6.07) is 9.56. The minimum atomic E-state index is -0.607. The molecule has 2 amide bonds. The fraction of sp³-hybridized carbons (Fsp3) is 0.462. The molecule has 0 radical (unpaired) electrons. The van der Waals surface area contributed by atoms with Crippen LogP contribution < -0.4 is 5.32 Å². The first-order valence-electron chi connectivity index (χ1n) is 12.0. The monoisotopic (exact) mass is 498 g/mol. The summed E-state index contributed by atoms with van der Waals surface area (Å²) in [7, 11) is 0. The molecule has 1 aromatic carbocycles. The first-order valence-corrected chi connectivity index (χ1v) is 12.8. The number of anilines is 1. The maximum atomic E-state index is 12.6. The van der Waals surface area contributed by atoms with E-state index in [0.29, 0.717) is 23.0 Å². The molecule has 186 valence electrons. The highest BCUT2D eigenvalue weighted by molar-refractivity contribution is 7.17. The van der Waals surface area contributed by atoms with Crippen LogP contribution in [-0.2, 0) is 43.2 Å². The summed E-state index contributed by atoms with van der Waals surface area (Å²) in [5.41, 5.74) is 2.35. The number of rotatable bonds is 8. The Hall–Kier alpha value is -3.20. The lowest BCUT2D eigenvalue weighted by Gasteiger charge is -2.18. The van der Waals surface area contributed by atoms with Crippen LogP contribution in [0.4, 0.5) is 5.00 Å². The van der Waals surface area contributed by atoms with Gasteiger partial charge < -0.3 is 19.7 Å². The maximum absolute atomic E-state index is 12.6. The predicted molar refractivity (Wildman–Crippen MR) is 131 cm³/mol. The number of fused-ring (bicyclic) bond motifs is 1. The standard InChI is InChI=1S/C26H30N2O6S/c1-3-33-26(32)23-19-10-9-16(2)11-20(19)35-24(23)27-21(29)15-34-25(31)18-12-22(30)28(14-18)13-17-7-5-4-6-8-17/h4-8,16,18H,3,9-15H2,1-2H3,(H,27,29)/t16-,18-/m0/s1. The lowest BCUT2D eigenvalue weighted by atomic mass is 9.88. The van der Waals surface area contributed by atoms with E-state index in [2.05, 4.69) is 12.2 Å². The van der Waals surface area contributed by atoms with Crippen LogP contribution >= 0.6 is 11.3 Å². The molecule has 0 bridgehead atoms. The Bertz CT molecular complexity index is 1110. The average Bonchev–Trinajstić information content (AvgIpc) is 3.37. The molecule has 35 heavy (non-hydrogen) atoms. The number of esters is 2. The van der Waals surface area contributed by atoms with E-state index in [0.717, 1.165) is 35.3 Å². The highest BCUT2D eigenvalue weighted by atomic mass is 32.1. The second-order valence-electron chi connectivity index (χ2n) is 9.09. The number of hydrogen-bond donors (Lipinski definition) is 1. The summed E-state index contributed by atoms with van der Waals surface area (Å²) in [6.45, 7) is 4.36. The molecule has 1 N–H and O–H groups in total. The Labute approximate surface area is 208 Å². The lowest BCUT2D eigenvalue weighted by Crippen LogP contribution is -2.28. The molecule has 1 aliphatic carbocycles. The van der Waals surface area contributed by atoms with Crippen molar-refractivity contribution in [3.63, 3.8) is 0 Å². The van der Waals surface area contributed by atoms with Gasteiger partial charge in [0.25, 0.3) is 5.91 Å². The van der Waals surface area contributed by atoms with Crippen LogP contribution in [0.1, 0.15) is 53.1 Å². The molecule has 0 saturated carbocycles. The molecule has 1 fully saturated rings. The molecule has 4 rings (SSSR count). The number of benzene rings is 1. The van der Waals surface area contributed by atoms with E-state index in [1.807, 2.05) is 30.3 Å². The number of hydrogen-bond acceptors (Lipinski definition) is 7. The van der Waals surface area contributed by atoms with E-state index in [1.54, 1.807) is 11.8 Å². The maximum Gasteiger partial charge on any atom is 0.341 e. The first kappa shape index (κ1) is 24.9. The van der Waals surface area contributed by atoms with Crippen molar-refractivity contribution in [3.05, 3.63) is 51.9 Å². The second-order valence-corrected chi connectivity index (χ2v) is 10.2. The molecule has 8 nitrogen and oxygen atoms in total. The predicted octanol–water partition coefficient (Wildman–Crippen LogP) is 3.58. The minimum Gasteiger partial charge on any atom is -0.462 e. The van der Waals surface area contributed by atoms with Crippen LogP contribution in [0.15, 0.2) is 30.3 Å². The SMILES string of the molecule is CCOC(=O)c1c(NC(=O)COC(=O)[C@H]2CC(=O)N(Cc3ccccc3)C2)sc2c1CC[C@H](C)C2. The number of ether oxygens (including phenoxy) is 2. The van der Waals surface area contributed by atoms with Gasteiger partial charge in [-0.2, -0.15) is 0 Å². The molecule has 1 aromatic heterocycles. The molecular weight excluding hydrogens is 468 g/mol. The van der Waals surface area contributed by atoms with E-state index in [9.17, 15) is 19.2 Å². The first-order chi connectivity index (χ1) is 16.9. The molecule has 2 atom stereocenters. The summed E-state index contributed by atoms with van der Waals surface area (Å²) >= 11 is 1.38. The number of amides is 2. The van der Waals surface area contributed by atoms with Crippen molar-refractivity contribution < 1.29 is 28.7 Å². The van der Waals surface area contributed by atoms with Gasteiger partial charge in [0.2, 0.25) is 5.91 Å². The van der Waals surface area contributed by atoms with Crippen molar-refractivity contribution in [1.82, 2.24) is 4.90 Å². The lowest BCUT2D eigenvalue weighted by molar-refractivity contribution is -0.151. The summed E-state index contributed by atoms with van der Waals surface area (Å²) in [4.78, 5) is 52.8. The van der Waals surface area contributed by atoms with Gasteiger partial charge in [-0.25, -0.2) is 4.79 Å². The van der Waals surface area contributed by atoms with Gasteiger partial charge in [0.15, 0.2) is 6.61 Å². The minimum absolute atomic E-state index is 0.0656. The normalized spacial score (nSPS) is 19.3. The van der Waals surface area contributed by atoms with Crippen molar-refractivity contribution >= 4 is 40.1 Å².